The standard InChI is InChI=1S/C13H22N4S/c1-9-6-10(13(14)16-7-9)12(15-2)11-8-18-5-4-17(11)3/h6-7,11-12,15H,4-5,8H2,1-3H3,(H2,14,16). The van der Waals surface area contributed by atoms with Crippen LogP contribution in [0.25, 0.3) is 0 Å². The van der Waals surface area contributed by atoms with E-state index in [4.69, 9.17) is 5.73 Å². The van der Waals surface area contributed by atoms with Crippen molar-refractivity contribution >= 4 is 17.6 Å². The van der Waals surface area contributed by atoms with Crippen molar-refractivity contribution < 1.29 is 0 Å². The summed E-state index contributed by atoms with van der Waals surface area (Å²) < 4.78 is 0. The van der Waals surface area contributed by atoms with E-state index in [1.54, 1.807) is 0 Å². The van der Waals surface area contributed by atoms with Crippen LogP contribution in [-0.4, -0.2) is 48.1 Å². The van der Waals surface area contributed by atoms with Crippen LogP contribution in [0.1, 0.15) is 17.2 Å². The molecule has 18 heavy (non-hydrogen) atoms. The number of thioether (sulfide) groups is 1. The molecule has 5 heteroatoms. The van der Waals surface area contributed by atoms with Crippen LogP contribution in [0.4, 0.5) is 5.82 Å². The predicted molar refractivity (Wildman–Crippen MR) is 78.9 cm³/mol. The number of nitrogens with one attached hydrogen (secondary N) is 1. The zero-order chi connectivity index (χ0) is 13.1. The SMILES string of the molecule is CNC(c1cc(C)cnc1N)C1CSCCN1C. The van der Waals surface area contributed by atoms with Gasteiger partial charge < -0.3 is 11.1 Å². The topological polar surface area (TPSA) is 54.2 Å². The average Bonchev–Trinajstić information content (AvgIpc) is 2.36. The van der Waals surface area contributed by atoms with Crippen LogP contribution < -0.4 is 11.1 Å². The molecule has 100 valence electrons. The molecule has 0 radical (unpaired) electrons. The molecule has 0 bridgehead atoms. The van der Waals surface area contributed by atoms with E-state index in [0.29, 0.717) is 11.9 Å². The quantitative estimate of drug-likeness (QED) is 0.863. The van der Waals surface area contributed by atoms with Gasteiger partial charge in [0.15, 0.2) is 0 Å². The lowest BCUT2D eigenvalue weighted by Crippen LogP contribution is -2.47. The van der Waals surface area contributed by atoms with Crippen molar-refractivity contribution in [2.45, 2.75) is 19.0 Å². The van der Waals surface area contributed by atoms with Crippen LogP contribution in [0.15, 0.2) is 12.3 Å². The number of nitrogens with zero attached hydrogens (tertiary/aromatic N) is 2. The lowest BCUT2D eigenvalue weighted by Gasteiger charge is -2.38. The first-order valence-electron chi connectivity index (χ1n) is 6.30. The highest BCUT2D eigenvalue weighted by atomic mass is 32.2. The van der Waals surface area contributed by atoms with Gasteiger partial charge in [-0.15, -0.1) is 0 Å². The molecule has 2 atom stereocenters. The van der Waals surface area contributed by atoms with E-state index >= 15 is 0 Å². The largest absolute Gasteiger partial charge is 0.383 e. The second-order valence-electron chi connectivity index (χ2n) is 4.88. The highest BCUT2D eigenvalue weighted by Crippen LogP contribution is 2.29. The summed E-state index contributed by atoms with van der Waals surface area (Å²) >= 11 is 2.01. The number of nitrogen functional groups attached to an aromatic ring is 1. The number of likely N-dealkylation sites (N-methyl/N-ethyl adjacent to an activating group) is 2. The molecule has 2 heterocycles. The minimum Gasteiger partial charge on any atom is -0.383 e. The van der Waals surface area contributed by atoms with Crippen molar-refractivity contribution in [1.29, 1.82) is 0 Å². The zero-order valence-corrected chi connectivity index (χ0v) is 12.1. The molecule has 1 saturated heterocycles. The summed E-state index contributed by atoms with van der Waals surface area (Å²) in [6.45, 7) is 3.19. The van der Waals surface area contributed by atoms with Gasteiger partial charge in [0.1, 0.15) is 5.82 Å². The molecule has 2 rings (SSSR count). The number of hydrogen-bond donors (Lipinski definition) is 2. The Bertz CT molecular complexity index is 410. The molecule has 0 saturated carbocycles. The fourth-order valence-corrected chi connectivity index (χ4v) is 3.74. The molecule has 0 amide bonds. The van der Waals surface area contributed by atoms with Crippen molar-refractivity contribution in [1.82, 2.24) is 15.2 Å². The molecule has 1 aliphatic rings. The number of aromatic nitrogens is 1. The van der Waals surface area contributed by atoms with Gasteiger partial charge >= 0.3 is 0 Å². The fraction of sp³-hybridized carbons (Fsp3) is 0.615. The summed E-state index contributed by atoms with van der Waals surface area (Å²) in [5.74, 6) is 2.99. The molecule has 0 aromatic carbocycles. The van der Waals surface area contributed by atoms with Crippen LogP contribution in [0.2, 0.25) is 0 Å². The molecular weight excluding hydrogens is 244 g/mol. The minimum atomic E-state index is 0.246. The number of pyridine rings is 1. The van der Waals surface area contributed by atoms with Crippen molar-refractivity contribution in [2.75, 3.05) is 37.9 Å². The highest BCUT2D eigenvalue weighted by molar-refractivity contribution is 7.99. The molecule has 1 aromatic rings. The lowest BCUT2D eigenvalue weighted by atomic mass is 9.98. The smallest absolute Gasteiger partial charge is 0.128 e. The fourth-order valence-electron chi connectivity index (χ4n) is 2.46. The number of nitrogens with two attached hydrogens (primary N) is 1. The van der Waals surface area contributed by atoms with Gasteiger partial charge in [-0.05, 0) is 32.6 Å². The van der Waals surface area contributed by atoms with Crippen LogP contribution >= 0.6 is 11.8 Å². The Labute approximate surface area is 113 Å². The van der Waals surface area contributed by atoms with Crippen molar-refractivity contribution in [3.8, 4) is 0 Å². The van der Waals surface area contributed by atoms with E-state index in [2.05, 4.69) is 35.2 Å². The van der Waals surface area contributed by atoms with Crippen molar-refractivity contribution in [3.63, 3.8) is 0 Å². The third kappa shape index (κ3) is 2.79. The van der Waals surface area contributed by atoms with Crippen molar-refractivity contribution in [2.24, 2.45) is 0 Å². The summed E-state index contributed by atoms with van der Waals surface area (Å²) in [7, 11) is 4.19. The van der Waals surface area contributed by atoms with E-state index < -0.39 is 0 Å². The molecular formula is C13H22N4S. The van der Waals surface area contributed by atoms with Gasteiger partial charge in [0.2, 0.25) is 0 Å². The van der Waals surface area contributed by atoms with E-state index in [1.807, 2.05) is 25.0 Å². The second-order valence-corrected chi connectivity index (χ2v) is 6.03. The Morgan fingerprint density at radius 1 is 1.61 bits per heavy atom. The Balaban J connectivity index is 2.29. The van der Waals surface area contributed by atoms with Gasteiger partial charge in [-0.25, -0.2) is 4.98 Å². The van der Waals surface area contributed by atoms with Gasteiger partial charge in [-0.3, -0.25) is 4.90 Å². The molecule has 1 aliphatic heterocycles. The average molecular weight is 266 g/mol. The van der Waals surface area contributed by atoms with Crippen LogP contribution in [-0.2, 0) is 0 Å². The Kier molecular flexibility index (Phi) is 4.48. The molecule has 0 aliphatic carbocycles. The summed E-state index contributed by atoms with van der Waals surface area (Å²) in [5.41, 5.74) is 8.32. The van der Waals surface area contributed by atoms with E-state index in [1.165, 1.54) is 5.75 Å². The number of rotatable bonds is 3. The maximum Gasteiger partial charge on any atom is 0.128 e. The summed E-state index contributed by atoms with van der Waals surface area (Å²) in [4.78, 5) is 6.70. The zero-order valence-electron chi connectivity index (χ0n) is 11.3. The van der Waals surface area contributed by atoms with Crippen LogP contribution in [0.3, 0.4) is 0 Å². The monoisotopic (exact) mass is 266 g/mol. The van der Waals surface area contributed by atoms with Gasteiger partial charge in [0, 0.05) is 35.9 Å². The Morgan fingerprint density at radius 3 is 3.06 bits per heavy atom. The molecule has 2 unspecified atom stereocenters. The maximum absolute atomic E-state index is 6.04. The first kappa shape index (κ1) is 13.6. The third-order valence-corrected chi connectivity index (χ3v) is 4.61. The van der Waals surface area contributed by atoms with Crippen LogP contribution in [0.5, 0.6) is 0 Å². The van der Waals surface area contributed by atoms with E-state index in [9.17, 15) is 0 Å². The molecule has 0 spiro atoms. The summed E-state index contributed by atoms with van der Waals surface area (Å²) in [6.07, 6.45) is 1.82. The van der Waals surface area contributed by atoms with Gasteiger partial charge in [0.25, 0.3) is 0 Å². The number of hydrogen-bond acceptors (Lipinski definition) is 5. The van der Waals surface area contributed by atoms with Crippen LogP contribution in [0, 0.1) is 6.92 Å². The lowest BCUT2D eigenvalue weighted by molar-refractivity contribution is 0.221. The Hall–Kier alpha value is -0.780. The molecule has 1 fully saturated rings. The second kappa shape index (κ2) is 5.91. The third-order valence-electron chi connectivity index (χ3n) is 3.56. The van der Waals surface area contributed by atoms with E-state index in [0.717, 1.165) is 23.4 Å². The number of aryl methyl sites for hydroxylation is 1. The van der Waals surface area contributed by atoms with Crippen molar-refractivity contribution in [3.05, 3.63) is 23.4 Å². The highest BCUT2D eigenvalue weighted by Gasteiger charge is 2.29. The van der Waals surface area contributed by atoms with Gasteiger partial charge in [-0.1, -0.05) is 0 Å². The summed E-state index contributed by atoms with van der Waals surface area (Å²) in [5, 5.41) is 3.41. The molecule has 4 nitrogen and oxygen atoms in total. The summed E-state index contributed by atoms with van der Waals surface area (Å²) in [6, 6.07) is 2.87. The molecule has 1 aromatic heterocycles. The number of anilines is 1. The first-order valence-corrected chi connectivity index (χ1v) is 7.46. The predicted octanol–water partition coefficient (Wildman–Crippen LogP) is 1.28. The van der Waals surface area contributed by atoms with Gasteiger partial charge in [-0.2, -0.15) is 11.8 Å². The molecule has 3 N–H and O–H groups in total. The maximum atomic E-state index is 6.04. The van der Waals surface area contributed by atoms with E-state index in [-0.39, 0.29) is 6.04 Å². The van der Waals surface area contributed by atoms with Gasteiger partial charge in [0.05, 0.1) is 6.04 Å². The normalized spacial score (nSPS) is 22.9. The Morgan fingerprint density at radius 2 is 2.39 bits per heavy atom. The first-order chi connectivity index (χ1) is 8.63. The minimum absolute atomic E-state index is 0.246.